The van der Waals surface area contributed by atoms with E-state index in [-0.39, 0.29) is 40.8 Å². The fraction of sp³-hybridized carbons (Fsp3) is 0.758. The Hall–Kier alpha value is -2.88. The van der Waals surface area contributed by atoms with Gasteiger partial charge >= 0.3 is 5.69 Å². The van der Waals surface area contributed by atoms with Crippen LogP contribution in [-0.4, -0.2) is 33.1 Å². The van der Waals surface area contributed by atoms with Crippen LogP contribution in [0.1, 0.15) is 105 Å². The van der Waals surface area contributed by atoms with E-state index in [9.17, 15) is 30.1 Å². The number of rotatable bonds is 12. The second kappa shape index (κ2) is 13.4. The highest BCUT2D eigenvalue weighted by Gasteiger charge is 2.58. The van der Waals surface area contributed by atoms with Crippen LogP contribution in [0, 0.1) is 66.6 Å². The van der Waals surface area contributed by atoms with Crippen LogP contribution in [0.4, 0.5) is 17.1 Å². The van der Waals surface area contributed by atoms with Crippen LogP contribution < -0.4 is 5.43 Å². The van der Waals surface area contributed by atoms with E-state index in [2.05, 4.69) is 45.1 Å². The maximum Gasteiger partial charge on any atom is 0.301 e. The number of nitrogens with one attached hydrogen (secondary N) is 1. The molecule has 0 bridgehead atoms. The Morgan fingerprint density at radius 1 is 1.05 bits per heavy atom. The molecule has 10 nitrogen and oxygen atoms in total. The third-order valence-corrected chi connectivity index (χ3v) is 11.6. The van der Waals surface area contributed by atoms with E-state index >= 15 is 0 Å². The van der Waals surface area contributed by atoms with Crippen molar-refractivity contribution in [1.29, 1.82) is 0 Å². The largest absolute Gasteiger partial charge is 0.393 e. The van der Waals surface area contributed by atoms with Crippen molar-refractivity contribution in [3.05, 3.63) is 38.4 Å². The van der Waals surface area contributed by atoms with Crippen molar-refractivity contribution in [2.45, 2.75) is 111 Å². The number of hydrogen-bond acceptors (Lipinski definition) is 8. The highest BCUT2D eigenvalue weighted by Crippen LogP contribution is 2.64. The Labute approximate surface area is 255 Å². The highest BCUT2D eigenvalue weighted by atomic mass is 16.6. The number of aliphatic hydroxyl groups is 1. The molecule has 2 N–H and O–H groups in total. The van der Waals surface area contributed by atoms with Crippen LogP contribution in [0.3, 0.4) is 0 Å². The number of carbonyl (C=O) groups excluding carboxylic acids is 1. The smallest absolute Gasteiger partial charge is 0.301 e. The summed E-state index contributed by atoms with van der Waals surface area (Å²) in [6, 6.07) is 3.47. The standard InChI is InChI=1S/C33H50N4O6/c1-21(2)7-6-8-22(3)26-10-11-27-25(15-18-34-35-29-12-9-23(36(40)41)19-30(29)37(42)43)28(14-17-32(26,27)4)33(5)16-13-24(38)20-31(33)39/h9,12,18-19,21-22,24-28,35,38H,6-8,10-11,13-17,20H2,1-5H3/b34-18+/t22-,24+,25+,26-,27?,28?,32-,33-/m1/s1. The number of ketones is 1. The zero-order chi connectivity index (χ0) is 31.5. The van der Waals surface area contributed by atoms with Gasteiger partial charge in [-0.3, -0.25) is 30.4 Å². The molecule has 238 valence electrons. The van der Waals surface area contributed by atoms with Gasteiger partial charge in [0.2, 0.25) is 0 Å². The second-order valence-corrected chi connectivity index (χ2v) is 14.5. The van der Waals surface area contributed by atoms with Crippen LogP contribution in [0.15, 0.2) is 23.3 Å². The van der Waals surface area contributed by atoms with E-state index in [4.69, 9.17) is 0 Å². The lowest BCUT2D eigenvalue weighted by Gasteiger charge is -2.55. The molecule has 0 aromatic heterocycles. The van der Waals surface area contributed by atoms with E-state index in [0.29, 0.717) is 42.9 Å². The molecule has 0 amide bonds. The molecule has 8 atom stereocenters. The van der Waals surface area contributed by atoms with Gasteiger partial charge in [0.05, 0.1) is 22.0 Å². The number of nitro groups is 2. The van der Waals surface area contributed by atoms with Gasteiger partial charge in [0.1, 0.15) is 11.5 Å². The lowest BCUT2D eigenvalue weighted by Crippen LogP contribution is -2.51. The van der Waals surface area contributed by atoms with Crippen molar-refractivity contribution >= 4 is 29.1 Å². The van der Waals surface area contributed by atoms with Gasteiger partial charge in [-0.25, -0.2) is 0 Å². The number of fused-ring (bicyclic) bond motifs is 1. The first-order chi connectivity index (χ1) is 20.3. The SMILES string of the molecule is CC(C)CCC[C@@H](C)[C@H]1CCC2[C@H](C/C=N/Nc3ccc([N+](=O)[O-])cc3[N+](=O)[O-])C([C@@]3(C)CC[C@H](O)CC3=O)CC[C@@]21C. The number of Topliss-reactive ketones (excluding diaryl/α,β-unsaturated/α-hetero) is 1. The first kappa shape index (κ1) is 33.0. The van der Waals surface area contributed by atoms with Gasteiger partial charge in [-0.1, -0.05) is 53.9 Å². The Balaban J connectivity index is 1.57. The molecule has 2 unspecified atom stereocenters. The molecule has 3 saturated carbocycles. The number of hydrazone groups is 1. The van der Waals surface area contributed by atoms with Crippen molar-refractivity contribution in [3.63, 3.8) is 0 Å². The minimum atomic E-state index is -0.660. The van der Waals surface area contributed by atoms with Crippen LogP contribution in [0.25, 0.3) is 0 Å². The van der Waals surface area contributed by atoms with E-state index in [1.807, 2.05) is 0 Å². The fourth-order valence-electron chi connectivity index (χ4n) is 9.15. The predicted molar refractivity (Wildman–Crippen MR) is 168 cm³/mol. The number of nitro benzene ring substituents is 2. The molecule has 3 aliphatic rings. The average molecular weight is 599 g/mol. The summed E-state index contributed by atoms with van der Waals surface area (Å²) < 4.78 is 0. The van der Waals surface area contributed by atoms with E-state index < -0.39 is 27.1 Å². The van der Waals surface area contributed by atoms with Crippen molar-refractivity contribution in [1.82, 2.24) is 0 Å². The van der Waals surface area contributed by atoms with E-state index in [1.165, 1.54) is 37.8 Å². The Kier molecular flexibility index (Phi) is 10.3. The molecular formula is C33H50N4O6. The summed E-state index contributed by atoms with van der Waals surface area (Å²) in [5.74, 6) is 3.02. The van der Waals surface area contributed by atoms with Crippen molar-refractivity contribution < 1.29 is 19.7 Å². The number of nitrogens with zero attached hydrogens (tertiary/aromatic N) is 3. The van der Waals surface area contributed by atoms with Crippen LogP contribution in [0.2, 0.25) is 0 Å². The number of carbonyl (C=O) groups is 1. The zero-order valence-electron chi connectivity index (χ0n) is 26.5. The third kappa shape index (κ3) is 6.94. The number of benzene rings is 1. The zero-order valence-corrected chi connectivity index (χ0v) is 26.5. The third-order valence-electron chi connectivity index (χ3n) is 11.6. The van der Waals surface area contributed by atoms with Crippen LogP contribution in [0.5, 0.6) is 0 Å². The number of non-ortho nitro benzene ring substituents is 1. The van der Waals surface area contributed by atoms with Crippen molar-refractivity contribution in [2.75, 3.05) is 5.43 Å². The summed E-state index contributed by atoms with van der Waals surface area (Å²) in [6.07, 6.45) is 11.6. The van der Waals surface area contributed by atoms with Gasteiger partial charge in [0.25, 0.3) is 5.69 Å². The molecule has 1 aromatic rings. The molecule has 0 heterocycles. The van der Waals surface area contributed by atoms with Gasteiger partial charge in [0, 0.05) is 24.1 Å². The lowest BCUT2D eigenvalue weighted by molar-refractivity contribution is -0.393. The summed E-state index contributed by atoms with van der Waals surface area (Å²) in [5, 5.41) is 37.3. The fourth-order valence-corrected chi connectivity index (χ4v) is 9.15. The minimum Gasteiger partial charge on any atom is -0.393 e. The van der Waals surface area contributed by atoms with Gasteiger partial charge in [-0.2, -0.15) is 5.10 Å². The summed E-state index contributed by atoms with van der Waals surface area (Å²) >= 11 is 0. The van der Waals surface area contributed by atoms with Crippen molar-refractivity contribution in [3.8, 4) is 0 Å². The normalized spacial score (nSPS) is 33.5. The molecule has 0 radical (unpaired) electrons. The second-order valence-electron chi connectivity index (χ2n) is 14.5. The molecule has 0 aliphatic heterocycles. The summed E-state index contributed by atoms with van der Waals surface area (Å²) in [5.41, 5.74) is 1.79. The average Bonchev–Trinajstić information content (AvgIpc) is 3.30. The van der Waals surface area contributed by atoms with Crippen LogP contribution >= 0.6 is 0 Å². The number of aliphatic hydroxyl groups excluding tert-OH is 1. The molecule has 43 heavy (non-hydrogen) atoms. The lowest BCUT2D eigenvalue weighted by atomic mass is 9.49. The molecule has 3 fully saturated rings. The Morgan fingerprint density at radius 2 is 1.79 bits per heavy atom. The first-order valence-corrected chi connectivity index (χ1v) is 16.2. The summed E-state index contributed by atoms with van der Waals surface area (Å²) in [4.78, 5) is 34.8. The molecule has 1 aromatic carbocycles. The highest BCUT2D eigenvalue weighted by molar-refractivity contribution is 5.86. The van der Waals surface area contributed by atoms with Crippen LogP contribution in [-0.2, 0) is 4.79 Å². The Morgan fingerprint density at radius 3 is 2.44 bits per heavy atom. The topological polar surface area (TPSA) is 148 Å². The van der Waals surface area contributed by atoms with E-state index in [0.717, 1.165) is 25.3 Å². The number of hydrogen-bond donors (Lipinski definition) is 2. The predicted octanol–water partition coefficient (Wildman–Crippen LogP) is 7.93. The van der Waals surface area contributed by atoms with E-state index in [1.54, 1.807) is 6.21 Å². The summed E-state index contributed by atoms with van der Waals surface area (Å²) in [7, 11) is 0. The van der Waals surface area contributed by atoms with Gasteiger partial charge < -0.3 is 5.11 Å². The quantitative estimate of drug-likeness (QED) is 0.141. The maximum atomic E-state index is 13.5. The van der Waals surface area contributed by atoms with Gasteiger partial charge in [-0.15, -0.1) is 0 Å². The molecule has 10 heteroatoms. The monoisotopic (exact) mass is 598 g/mol. The summed E-state index contributed by atoms with van der Waals surface area (Å²) in [6.45, 7) is 11.6. The maximum absolute atomic E-state index is 13.5. The number of anilines is 1. The minimum absolute atomic E-state index is 0.0939. The molecule has 0 saturated heterocycles. The molecule has 4 rings (SSSR count). The molecule has 0 spiro atoms. The molecular weight excluding hydrogens is 548 g/mol. The van der Waals surface area contributed by atoms with Crippen molar-refractivity contribution in [2.24, 2.45) is 51.4 Å². The first-order valence-electron chi connectivity index (χ1n) is 16.2. The van der Waals surface area contributed by atoms with Gasteiger partial charge in [0.15, 0.2) is 0 Å². The molecule has 3 aliphatic carbocycles. The van der Waals surface area contributed by atoms with Gasteiger partial charge in [-0.05, 0) is 91.9 Å². The Bertz CT molecular complexity index is 1220.